The molecule has 5 rings (SSSR count). The van der Waals surface area contributed by atoms with Gasteiger partial charge in [-0.2, -0.15) is 0 Å². The van der Waals surface area contributed by atoms with Crippen molar-refractivity contribution in [3.05, 3.63) is 54.3 Å². The van der Waals surface area contributed by atoms with Crippen molar-refractivity contribution < 1.29 is 29.2 Å². The van der Waals surface area contributed by atoms with Crippen molar-refractivity contribution in [3.8, 4) is 5.75 Å². The molecule has 0 spiro atoms. The van der Waals surface area contributed by atoms with E-state index in [1.807, 2.05) is 48.5 Å². The third kappa shape index (κ3) is 3.41. The Bertz CT molecular complexity index is 1220. The molecule has 0 saturated carbocycles. The zero-order valence-electron chi connectivity index (χ0n) is 16.8. The predicted molar refractivity (Wildman–Crippen MR) is 113 cm³/mol. The number of ether oxygens (including phenoxy) is 2. The van der Waals surface area contributed by atoms with Gasteiger partial charge in [-0.1, -0.05) is 12.1 Å². The summed E-state index contributed by atoms with van der Waals surface area (Å²) in [5, 5.41) is 34.4. The van der Waals surface area contributed by atoms with Crippen molar-refractivity contribution in [2.45, 2.75) is 31.1 Å². The van der Waals surface area contributed by atoms with Gasteiger partial charge in [0.1, 0.15) is 35.4 Å². The molecule has 9 heteroatoms. The number of aliphatic hydroxyl groups is 3. The van der Waals surface area contributed by atoms with Gasteiger partial charge in [-0.3, -0.25) is 4.57 Å². The molecule has 4 aromatic rings. The quantitative estimate of drug-likeness (QED) is 0.370. The van der Waals surface area contributed by atoms with E-state index in [0.29, 0.717) is 23.8 Å². The Morgan fingerprint density at radius 1 is 1.13 bits per heavy atom. The lowest BCUT2D eigenvalue weighted by Gasteiger charge is -2.20. The third-order valence-electron chi connectivity index (χ3n) is 5.56. The maximum atomic E-state index is 10.6. The van der Waals surface area contributed by atoms with Crippen LogP contribution in [0.2, 0.25) is 0 Å². The first kappa shape index (κ1) is 19.8. The Labute approximate surface area is 177 Å². The largest absolute Gasteiger partial charge is 0.497 e. The van der Waals surface area contributed by atoms with E-state index in [1.54, 1.807) is 11.7 Å². The summed E-state index contributed by atoms with van der Waals surface area (Å²) >= 11 is 0. The molecule has 1 aliphatic rings. The highest BCUT2D eigenvalue weighted by molar-refractivity contribution is 5.80. The summed E-state index contributed by atoms with van der Waals surface area (Å²) < 4.78 is 18.6. The molecule has 0 bridgehead atoms. The highest BCUT2D eigenvalue weighted by Crippen LogP contribution is 2.35. The number of furan rings is 1. The first-order valence-corrected chi connectivity index (χ1v) is 9.99. The third-order valence-corrected chi connectivity index (χ3v) is 5.56. The van der Waals surface area contributed by atoms with Gasteiger partial charge in [0.2, 0.25) is 5.95 Å². The van der Waals surface area contributed by atoms with Gasteiger partial charge < -0.3 is 34.5 Å². The van der Waals surface area contributed by atoms with Gasteiger partial charge in [0, 0.05) is 5.39 Å². The lowest BCUT2D eigenvalue weighted by molar-refractivity contribution is -0.0499. The zero-order valence-corrected chi connectivity index (χ0v) is 16.8. The molecule has 9 nitrogen and oxygen atoms in total. The van der Waals surface area contributed by atoms with Crippen LogP contribution in [0, 0.1) is 0 Å². The van der Waals surface area contributed by atoms with Gasteiger partial charge >= 0.3 is 0 Å². The van der Waals surface area contributed by atoms with Crippen LogP contribution in [-0.2, 0) is 11.3 Å². The smallest absolute Gasteiger partial charge is 0.206 e. The minimum atomic E-state index is -1.21. The summed E-state index contributed by atoms with van der Waals surface area (Å²) in [4.78, 5) is 4.62. The van der Waals surface area contributed by atoms with E-state index in [4.69, 9.17) is 13.9 Å². The monoisotopic (exact) mass is 425 g/mol. The number of nitrogens with zero attached hydrogens (tertiary/aromatic N) is 2. The molecule has 3 heterocycles. The molecule has 2 aromatic heterocycles. The number of imidazole rings is 1. The van der Waals surface area contributed by atoms with Gasteiger partial charge in [0.15, 0.2) is 6.23 Å². The summed E-state index contributed by atoms with van der Waals surface area (Å²) in [5.74, 6) is 1.90. The van der Waals surface area contributed by atoms with E-state index in [9.17, 15) is 15.3 Å². The predicted octanol–water partition coefficient (Wildman–Crippen LogP) is 2.01. The Morgan fingerprint density at radius 3 is 2.74 bits per heavy atom. The van der Waals surface area contributed by atoms with Crippen LogP contribution >= 0.6 is 0 Å². The fourth-order valence-electron chi connectivity index (χ4n) is 3.98. The fraction of sp³-hybridized carbons (Fsp3) is 0.318. The van der Waals surface area contributed by atoms with Crippen molar-refractivity contribution in [2.24, 2.45) is 0 Å². The number of aliphatic hydroxyl groups excluding tert-OH is 3. The summed E-state index contributed by atoms with van der Waals surface area (Å²) in [6.07, 6.45) is -4.19. The minimum Gasteiger partial charge on any atom is -0.497 e. The van der Waals surface area contributed by atoms with E-state index in [-0.39, 0.29) is 0 Å². The molecule has 31 heavy (non-hydrogen) atoms. The molecule has 0 aliphatic carbocycles. The van der Waals surface area contributed by atoms with Crippen LogP contribution in [-0.4, -0.2) is 56.9 Å². The lowest BCUT2D eigenvalue weighted by atomic mass is 10.1. The Hall–Kier alpha value is -3.11. The number of hydrogen-bond donors (Lipinski definition) is 4. The Morgan fingerprint density at radius 2 is 1.97 bits per heavy atom. The second-order valence-corrected chi connectivity index (χ2v) is 7.49. The number of rotatable bonds is 6. The fourth-order valence-corrected chi connectivity index (χ4v) is 3.98. The van der Waals surface area contributed by atoms with E-state index >= 15 is 0 Å². The second-order valence-electron chi connectivity index (χ2n) is 7.49. The molecule has 162 valence electrons. The molecular weight excluding hydrogens is 402 g/mol. The number of anilines is 1. The van der Waals surface area contributed by atoms with Gasteiger partial charge in [0.05, 0.1) is 31.3 Å². The average molecular weight is 425 g/mol. The van der Waals surface area contributed by atoms with Crippen LogP contribution in [0.3, 0.4) is 0 Å². The number of nitrogens with one attached hydrogen (secondary N) is 1. The van der Waals surface area contributed by atoms with Crippen molar-refractivity contribution in [1.29, 1.82) is 0 Å². The lowest BCUT2D eigenvalue weighted by Crippen LogP contribution is -2.33. The number of para-hydroxylation sites is 2. The van der Waals surface area contributed by atoms with Crippen LogP contribution in [0.25, 0.3) is 22.0 Å². The summed E-state index contributed by atoms with van der Waals surface area (Å²) in [6.45, 7) is -0.0539. The van der Waals surface area contributed by atoms with Crippen LogP contribution in [0.5, 0.6) is 5.75 Å². The van der Waals surface area contributed by atoms with Crippen LogP contribution in [0.1, 0.15) is 12.0 Å². The molecule has 0 radical (unpaired) electrons. The summed E-state index contributed by atoms with van der Waals surface area (Å²) in [7, 11) is 1.62. The molecule has 2 aromatic carbocycles. The van der Waals surface area contributed by atoms with Crippen LogP contribution in [0.15, 0.2) is 52.9 Å². The van der Waals surface area contributed by atoms with Crippen LogP contribution in [0.4, 0.5) is 5.95 Å². The molecule has 1 aliphatic heterocycles. The maximum Gasteiger partial charge on any atom is 0.206 e. The number of fused-ring (bicyclic) bond motifs is 2. The van der Waals surface area contributed by atoms with Gasteiger partial charge in [-0.25, -0.2) is 4.98 Å². The first-order valence-electron chi connectivity index (χ1n) is 9.99. The van der Waals surface area contributed by atoms with Crippen molar-refractivity contribution in [1.82, 2.24) is 9.55 Å². The Balaban J connectivity index is 1.47. The first-order chi connectivity index (χ1) is 15.1. The highest BCUT2D eigenvalue weighted by Gasteiger charge is 2.44. The molecule has 4 atom stereocenters. The van der Waals surface area contributed by atoms with E-state index in [2.05, 4.69) is 10.3 Å². The Kier molecular flexibility index (Phi) is 5.03. The number of benzene rings is 2. The van der Waals surface area contributed by atoms with Gasteiger partial charge in [-0.05, 0) is 36.4 Å². The molecule has 1 saturated heterocycles. The van der Waals surface area contributed by atoms with E-state index in [1.165, 1.54) is 0 Å². The SMILES string of the molecule is COc1ccc2oc(CNc3nc4ccccc4n3[C@@H]3O[C@H](CO)[C@@H](O)[C@H]3O)cc2c1. The molecular formula is C22H23N3O6. The zero-order chi connectivity index (χ0) is 21.5. The number of methoxy groups -OCH3 is 1. The molecule has 0 unspecified atom stereocenters. The van der Waals surface area contributed by atoms with Gasteiger partial charge in [0.25, 0.3) is 0 Å². The number of hydrogen-bond acceptors (Lipinski definition) is 8. The van der Waals surface area contributed by atoms with Crippen LogP contribution < -0.4 is 10.1 Å². The van der Waals surface area contributed by atoms with Crippen molar-refractivity contribution >= 4 is 28.0 Å². The van der Waals surface area contributed by atoms with E-state index < -0.39 is 31.1 Å². The van der Waals surface area contributed by atoms with Gasteiger partial charge in [-0.15, -0.1) is 0 Å². The summed E-state index contributed by atoms with van der Waals surface area (Å²) in [6, 6.07) is 14.9. The van der Waals surface area contributed by atoms with Crippen molar-refractivity contribution in [3.63, 3.8) is 0 Å². The second kappa shape index (κ2) is 7.86. The minimum absolute atomic E-state index is 0.342. The standard InChI is InChI=1S/C22H23N3O6/c1-29-13-6-7-17-12(8-13)9-14(30-17)10-23-22-24-15-4-2-3-5-16(15)25(22)21-20(28)19(27)18(11-26)31-21/h2-9,18-21,26-28H,10-11H2,1H3,(H,23,24)/t18-,19-,20-,21-/m1/s1. The average Bonchev–Trinajstić information content (AvgIpc) is 3.45. The normalized spacial score (nSPS) is 23.6. The summed E-state index contributed by atoms with van der Waals surface area (Å²) in [5.41, 5.74) is 2.18. The maximum absolute atomic E-state index is 10.6. The van der Waals surface area contributed by atoms with E-state index in [0.717, 1.165) is 22.2 Å². The topological polar surface area (TPSA) is 122 Å². The number of aromatic nitrogens is 2. The highest BCUT2D eigenvalue weighted by atomic mass is 16.6. The van der Waals surface area contributed by atoms with Crippen molar-refractivity contribution in [2.75, 3.05) is 19.0 Å². The molecule has 1 fully saturated rings. The molecule has 4 N–H and O–H groups in total. The molecule has 0 amide bonds.